The number of benzene rings is 3. The number of anilines is 2. The largest absolute Gasteiger partial charge is 0.494 e. The molecular formula is C43H52N8O9S. The summed E-state index contributed by atoms with van der Waals surface area (Å²) in [6.07, 6.45) is 4.86. The molecule has 2 aromatic heterocycles. The van der Waals surface area contributed by atoms with Gasteiger partial charge in [0.15, 0.2) is 0 Å². The molecule has 61 heavy (non-hydrogen) atoms. The first-order valence-corrected chi connectivity index (χ1v) is 21.2. The number of nitrogens with one attached hydrogen (secondary N) is 3. The van der Waals surface area contributed by atoms with Crippen molar-refractivity contribution < 1.29 is 41.9 Å². The van der Waals surface area contributed by atoms with Gasteiger partial charge >= 0.3 is 5.97 Å². The van der Waals surface area contributed by atoms with Crippen LogP contribution in [-0.4, -0.2) is 98.9 Å². The van der Waals surface area contributed by atoms with Crippen LogP contribution in [-0.2, 0) is 58.9 Å². The molecule has 0 aliphatic carbocycles. The zero-order valence-corrected chi connectivity index (χ0v) is 35.5. The maximum atomic E-state index is 13.9. The minimum atomic E-state index is -4.33. The third-order valence-electron chi connectivity index (χ3n) is 9.63. The highest BCUT2D eigenvalue weighted by Crippen LogP contribution is 2.28. The van der Waals surface area contributed by atoms with E-state index < -0.39 is 22.0 Å². The number of rotatable bonds is 25. The minimum absolute atomic E-state index is 0.0537. The number of carbonyl (C=O) groups excluding carboxylic acids is 4. The van der Waals surface area contributed by atoms with Crippen LogP contribution in [0.5, 0.6) is 5.75 Å². The number of sulfonamides is 1. The summed E-state index contributed by atoms with van der Waals surface area (Å²) in [6, 6.07) is 22.1. The van der Waals surface area contributed by atoms with Crippen LogP contribution in [0.15, 0.2) is 90.0 Å². The van der Waals surface area contributed by atoms with Crippen molar-refractivity contribution in [1.82, 2.24) is 29.9 Å². The number of aromatic nitrogens is 3. The molecule has 0 saturated heterocycles. The standard InChI is InChI=1S/C43H52N8O9S/c1-31-24-35(59-23-11-16-41(54)46-21-22-51(30-53)60-28-33-12-6-5-7-13-33)25-32(2)42(31)61(56,57)48-38(43(55)58-4)27-50(29-52)34-17-18-36-37(47-49(3)39(36)26-34)14-10-20-45-40-15-8-9-19-44-40/h5-9,12-13,15,17-19,24-26,29-30,38,48H,10-11,14,16,20-23,27-28H2,1-4H3,(H,44,45)(H,46,54)/t38-/m0/s1. The Hall–Kier alpha value is -6.37. The van der Waals surface area contributed by atoms with Crippen molar-refractivity contribution in [1.29, 1.82) is 0 Å². The monoisotopic (exact) mass is 856 g/mol. The average molecular weight is 857 g/mol. The van der Waals surface area contributed by atoms with Crippen LogP contribution in [0.1, 0.15) is 41.6 Å². The Morgan fingerprint density at radius 2 is 1.69 bits per heavy atom. The highest BCUT2D eigenvalue weighted by molar-refractivity contribution is 7.89. The van der Waals surface area contributed by atoms with E-state index in [9.17, 15) is 27.6 Å². The molecule has 2 heterocycles. The maximum absolute atomic E-state index is 13.9. The second kappa shape index (κ2) is 22.3. The molecule has 324 valence electrons. The first-order valence-electron chi connectivity index (χ1n) is 19.7. The maximum Gasteiger partial charge on any atom is 0.325 e. The predicted octanol–water partition coefficient (Wildman–Crippen LogP) is 3.98. The van der Waals surface area contributed by atoms with Gasteiger partial charge in [0.2, 0.25) is 28.8 Å². The van der Waals surface area contributed by atoms with Crippen molar-refractivity contribution in [3.05, 3.63) is 107 Å². The Kier molecular flexibility index (Phi) is 16.7. The van der Waals surface area contributed by atoms with Gasteiger partial charge in [0.05, 0.1) is 42.9 Å². The molecular weight excluding hydrogens is 805 g/mol. The number of hydrogen-bond donors (Lipinski definition) is 3. The fourth-order valence-electron chi connectivity index (χ4n) is 6.69. The topological polar surface area (TPSA) is 203 Å². The van der Waals surface area contributed by atoms with Gasteiger partial charge in [-0.1, -0.05) is 36.4 Å². The summed E-state index contributed by atoms with van der Waals surface area (Å²) >= 11 is 0. The number of aryl methyl sites for hydroxylation is 4. The average Bonchev–Trinajstić information content (AvgIpc) is 3.57. The second-order valence-corrected chi connectivity index (χ2v) is 15.8. The molecule has 3 N–H and O–H groups in total. The van der Waals surface area contributed by atoms with Gasteiger partial charge in [-0.05, 0) is 92.3 Å². The van der Waals surface area contributed by atoms with Gasteiger partial charge in [-0.25, -0.2) is 18.5 Å². The van der Waals surface area contributed by atoms with Crippen LogP contribution >= 0.6 is 0 Å². The minimum Gasteiger partial charge on any atom is -0.494 e. The first-order chi connectivity index (χ1) is 29.4. The Morgan fingerprint density at radius 3 is 2.38 bits per heavy atom. The predicted molar refractivity (Wildman–Crippen MR) is 229 cm³/mol. The molecule has 5 rings (SSSR count). The molecule has 1 atom stereocenters. The third-order valence-corrected chi connectivity index (χ3v) is 11.4. The molecule has 0 saturated carbocycles. The van der Waals surface area contributed by atoms with Crippen molar-refractivity contribution in [3.8, 4) is 5.75 Å². The van der Waals surface area contributed by atoms with Gasteiger partial charge in [-0.2, -0.15) is 9.82 Å². The molecule has 3 amide bonds. The van der Waals surface area contributed by atoms with Crippen molar-refractivity contribution in [2.75, 3.05) is 50.1 Å². The Morgan fingerprint density at radius 1 is 0.934 bits per heavy atom. The van der Waals surface area contributed by atoms with E-state index in [0.717, 1.165) is 46.6 Å². The molecule has 5 aromatic rings. The number of hydroxylamine groups is 2. The van der Waals surface area contributed by atoms with Gasteiger partial charge in [0, 0.05) is 43.8 Å². The van der Waals surface area contributed by atoms with Crippen LogP contribution in [0, 0.1) is 13.8 Å². The van der Waals surface area contributed by atoms with Crippen molar-refractivity contribution in [2.45, 2.75) is 57.1 Å². The normalized spacial score (nSPS) is 11.7. The lowest BCUT2D eigenvalue weighted by Crippen LogP contribution is -2.49. The third kappa shape index (κ3) is 13.1. The van der Waals surface area contributed by atoms with E-state index in [2.05, 4.69) is 25.4 Å². The van der Waals surface area contributed by atoms with E-state index >= 15 is 0 Å². The molecule has 0 fully saturated rings. The van der Waals surface area contributed by atoms with Crippen LogP contribution in [0.25, 0.3) is 10.9 Å². The summed E-state index contributed by atoms with van der Waals surface area (Å²) in [5, 5.41) is 12.8. The van der Waals surface area contributed by atoms with E-state index in [-0.39, 0.29) is 50.1 Å². The summed E-state index contributed by atoms with van der Waals surface area (Å²) in [7, 11) is -1.38. The quantitative estimate of drug-likeness (QED) is 0.0330. The van der Waals surface area contributed by atoms with E-state index in [1.54, 1.807) is 56.0 Å². The fourth-order valence-corrected chi connectivity index (χ4v) is 8.32. The first kappa shape index (κ1) is 45.7. The lowest BCUT2D eigenvalue weighted by atomic mass is 10.1. The Bertz CT molecular complexity index is 2340. The number of nitrogens with zero attached hydrogens (tertiary/aromatic N) is 5. The lowest BCUT2D eigenvalue weighted by Gasteiger charge is -2.24. The number of hydrogen-bond acceptors (Lipinski definition) is 12. The SMILES string of the molecule is COC(=O)[C@H](CN(C=O)c1ccc2c(CCCNc3ccccn3)nn(C)c2c1)NS(=O)(=O)c1c(C)cc(OCCCC(=O)NCCN(C=O)OCc2ccccc2)cc1C. The van der Waals surface area contributed by atoms with Crippen LogP contribution < -0.4 is 25.0 Å². The van der Waals surface area contributed by atoms with Gasteiger partial charge in [-0.3, -0.25) is 28.7 Å². The summed E-state index contributed by atoms with van der Waals surface area (Å²) in [6.45, 7) is 4.34. The van der Waals surface area contributed by atoms with E-state index in [1.807, 2.05) is 54.6 Å². The number of fused-ring (bicyclic) bond motifs is 1. The number of amides is 3. The number of carbonyl (C=O) groups is 4. The molecule has 18 heteroatoms. The number of ether oxygens (including phenoxy) is 2. The van der Waals surface area contributed by atoms with Crippen LogP contribution in [0.2, 0.25) is 0 Å². The summed E-state index contributed by atoms with van der Waals surface area (Å²) < 4.78 is 42.7. The summed E-state index contributed by atoms with van der Waals surface area (Å²) in [5.74, 6) is 0.0900. The molecule has 17 nitrogen and oxygen atoms in total. The molecule has 3 aromatic carbocycles. The van der Waals surface area contributed by atoms with E-state index in [1.165, 1.54) is 4.90 Å². The van der Waals surface area contributed by atoms with Gasteiger partial charge in [0.25, 0.3) is 0 Å². The number of esters is 1. The van der Waals surface area contributed by atoms with Crippen molar-refractivity contribution in [3.63, 3.8) is 0 Å². The van der Waals surface area contributed by atoms with Gasteiger partial charge in [-0.15, -0.1) is 0 Å². The van der Waals surface area contributed by atoms with Crippen LogP contribution in [0.3, 0.4) is 0 Å². The molecule has 0 aliphatic heterocycles. The van der Waals surface area contributed by atoms with Crippen molar-refractivity contribution >= 4 is 57.1 Å². The molecule has 0 radical (unpaired) electrons. The van der Waals surface area contributed by atoms with Gasteiger partial charge in [0.1, 0.15) is 24.2 Å². The fraction of sp³-hybridized carbons (Fsp3) is 0.349. The zero-order valence-electron chi connectivity index (χ0n) is 34.7. The zero-order chi connectivity index (χ0) is 43.8. The molecule has 0 bridgehead atoms. The van der Waals surface area contributed by atoms with Crippen molar-refractivity contribution in [2.24, 2.45) is 7.05 Å². The Balaban J connectivity index is 1.13. The highest BCUT2D eigenvalue weighted by Gasteiger charge is 2.31. The highest BCUT2D eigenvalue weighted by atomic mass is 32.2. The summed E-state index contributed by atoms with van der Waals surface area (Å²) in [5.41, 5.74) is 3.70. The Labute approximate surface area is 355 Å². The molecule has 0 unspecified atom stereocenters. The summed E-state index contributed by atoms with van der Waals surface area (Å²) in [4.78, 5) is 60.1. The van der Waals surface area contributed by atoms with Crippen LogP contribution in [0.4, 0.5) is 11.5 Å². The lowest BCUT2D eigenvalue weighted by molar-refractivity contribution is -0.177. The molecule has 0 aliphatic rings. The number of pyridine rings is 1. The number of methoxy groups -OCH3 is 1. The smallest absolute Gasteiger partial charge is 0.325 e. The van der Waals surface area contributed by atoms with E-state index in [0.29, 0.717) is 54.8 Å². The van der Waals surface area contributed by atoms with Gasteiger partial charge < -0.3 is 25.0 Å². The second-order valence-electron chi connectivity index (χ2n) is 14.2. The van der Waals surface area contributed by atoms with E-state index in [4.69, 9.17) is 14.3 Å². The molecule has 0 spiro atoms.